The van der Waals surface area contributed by atoms with Crippen LogP contribution in [0.5, 0.6) is 0 Å². The first-order chi connectivity index (χ1) is 6.25. The molecule has 72 valence electrons. The minimum Gasteiger partial charge on any atom is -0.288 e. The van der Waals surface area contributed by atoms with Crippen LogP contribution >= 0.6 is 0 Å². The van der Waals surface area contributed by atoms with Gasteiger partial charge in [0.05, 0.1) is 11.3 Å². The molecule has 0 aliphatic rings. The minimum atomic E-state index is -0.532. The molecule has 2 N–H and O–H groups in total. The van der Waals surface area contributed by atoms with E-state index < -0.39 is 5.91 Å². The molecule has 1 amide bonds. The van der Waals surface area contributed by atoms with Crippen molar-refractivity contribution in [2.75, 3.05) is 0 Å². The molecule has 0 saturated heterocycles. The van der Waals surface area contributed by atoms with E-state index in [9.17, 15) is 4.79 Å². The molecule has 1 aromatic rings. The van der Waals surface area contributed by atoms with Crippen molar-refractivity contribution >= 4 is 5.91 Å². The number of hydrogen-bond donors (Lipinski definition) is 2. The van der Waals surface area contributed by atoms with E-state index in [0.717, 1.165) is 0 Å². The Balaban J connectivity index is 0.000000671. The van der Waals surface area contributed by atoms with Crippen LogP contribution in [-0.2, 0) is 0 Å². The normalized spacial score (nSPS) is 8.31. The number of pyridine rings is 1. The standard InChI is InChI=1S/C7H8N2O2.C2H6/c1-5-6(7(10)9-11)3-2-4-8-5;1-2/h2-4,11H,1H3,(H,9,10);1-2H3. The molecular weight excluding hydrogens is 168 g/mol. The SMILES string of the molecule is CC.Cc1ncccc1C(=O)NO. The minimum absolute atomic E-state index is 0.384. The summed E-state index contributed by atoms with van der Waals surface area (Å²) in [6.07, 6.45) is 1.59. The molecule has 0 bridgehead atoms. The van der Waals surface area contributed by atoms with Gasteiger partial charge in [0.25, 0.3) is 5.91 Å². The van der Waals surface area contributed by atoms with Gasteiger partial charge in [-0.15, -0.1) is 0 Å². The number of aromatic nitrogens is 1. The highest BCUT2D eigenvalue weighted by molar-refractivity contribution is 5.94. The van der Waals surface area contributed by atoms with E-state index in [4.69, 9.17) is 5.21 Å². The van der Waals surface area contributed by atoms with Crippen LogP contribution in [-0.4, -0.2) is 16.1 Å². The molecule has 0 aliphatic heterocycles. The zero-order valence-electron chi connectivity index (χ0n) is 8.03. The second-order valence-corrected chi connectivity index (χ2v) is 2.08. The number of hydrogen-bond acceptors (Lipinski definition) is 3. The number of hydroxylamine groups is 1. The Morgan fingerprint density at radius 1 is 1.54 bits per heavy atom. The number of amides is 1. The highest BCUT2D eigenvalue weighted by Gasteiger charge is 2.06. The molecule has 0 saturated carbocycles. The number of nitrogens with zero attached hydrogens (tertiary/aromatic N) is 1. The van der Waals surface area contributed by atoms with Crippen molar-refractivity contribution in [1.29, 1.82) is 0 Å². The van der Waals surface area contributed by atoms with Gasteiger partial charge in [0.15, 0.2) is 0 Å². The number of carbonyl (C=O) groups is 1. The zero-order chi connectivity index (χ0) is 10.3. The van der Waals surface area contributed by atoms with Crippen LogP contribution in [0, 0.1) is 6.92 Å². The van der Waals surface area contributed by atoms with Gasteiger partial charge in [0, 0.05) is 6.20 Å². The molecule has 4 nitrogen and oxygen atoms in total. The fourth-order valence-corrected chi connectivity index (χ4v) is 0.784. The predicted octanol–water partition coefficient (Wildman–Crippen LogP) is 1.54. The Hall–Kier alpha value is -1.42. The average molecular weight is 182 g/mol. The second-order valence-electron chi connectivity index (χ2n) is 2.08. The lowest BCUT2D eigenvalue weighted by molar-refractivity contribution is 0.0705. The van der Waals surface area contributed by atoms with Gasteiger partial charge in [-0.25, -0.2) is 5.48 Å². The monoisotopic (exact) mass is 182 g/mol. The summed E-state index contributed by atoms with van der Waals surface area (Å²) in [7, 11) is 0. The van der Waals surface area contributed by atoms with Gasteiger partial charge < -0.3 is 0 Å². The molecule has 0 spiro atoms. The van der Waals surface area contributed by atoms with Gasteiger partial charge in [-0.1, -0.05) is 13.8 Å². The molecule has 0 fully saturated rings. The quantitative estimate of drug-likeness (QED) is 0.511. The van der Waals surface area contributed by atoms with Crippen molar-refractivity contribution in [1.82, 2.24) is 10.5 Å². The van der Waals surface area contributed by atoms with Crippen LogP contribution in [0.25, 0.3) is 0 Å². The van der Waals surface area contributed by atoms with E-state index in [1.807, 2.05) is 13.8 Å². The molecule has 0 aromatic carbocycles. The van der Waals surface area contributed by atoms with E-state index in [0.29, 0.717) is 11.3 Å². The van der Waals surface area contributed by atoms with Crippen molar-refractivity contribution in [2.24, 2.45) is 0 Å². The largest absolute Gasteiger partial charge is 0.288 e. The van der Waals surface area contributed by atoms with Crippen molar-refractivity contribution in [3.05, 3.63) is 29.6 Å². The number of nitrogens with one attached hydrogen (secondary N) is 1. The number of rotatable bonds is 1. The first-order valence-corrected chi connectivity index (χ1v) is 4.11. The van der Waals surface area contributed by atoms with Gasteiger partial charge in [0.1, 0.15) is 0 Å². The molecule has 0 radical (unpaired) electrons. The summed E-state index contributed by atoms with van der Waals surface area (Å²) in [5.74, 6) is -0.532. The van der Waals surface area contributed by atoms with Crippen LogP contribution < -0.4 is 5.48 Å². The summed E-state index contributed by atoms with van der Waals surface area (Å²) in [5.41, 5.74) is 2.52. The molecule has 1 aromatic heterocycles. The Labute approximate surface area is 77.6 Å². The number of carbonyl (C=O) groups excluding carboxylic acids is 1. The van der Waals surface area contributed by atoms with Gasteiger partial charge in [-0.05, 0) is 19.1 Å². The van der Waals surface area contributed by atoms with Gasteiger partial charge in [0.2, 0.25) is 0 Å². The third kappa shape index (κ3) is 3.21. The lowest BCUT2D eigenvalue weighted by Crippen LogP contribution is -2.19. The summed E-state index contributed by atoms with van der Waals surface area (Å²) in [4.78, 5) is 14.7. The molecule has 1 heterocycles. The topological polar surface area (TPSA) is 62.2 Å². The zero-order valence-corrected chi connectivity index (χ0v) is 8.03. The van der Waals surface area contributed by atoms with E-state index in [1.165, 1.54) is 0 Å². The summed E-state index contributed by atoms with van der Waals surface area (Å²) in [5, 5.41) is 8.29. The van der Waals surface area contributed by atoms with Crippen LogP contribution in [0.15, 0.2) is 18.3 Å². The lowest BCUT2D eigenvalue weighted by Gasteiger charge is -1.99. The molecule has 0 unspecified atom stereocenters. The van der Waals surface area contributed by atoms with Crippen LogP contribution in [0.4, 0.5) is 0 Å². The van der Waals surface area contributed by atoms with E-state index in [-0.39, 0.29) is 0 Å². The first-order valence-electron chi connectivity index (χ1n) is 4.11. The molecular formula is C9H14N2O2. The summed E-state index contributed by atoms with van der Waals surface area (Å²) in [6, 6.07) is 3.23. The Morgan fingerprint density at radius 3 is 2.62 bits per heavy atom. The number of aryl methyl sites for hydroxylation is 1. The van der Waals surface area contributed by atoms with E-state index in [2.05, 4.69) is 4.98 Å². The molecule has 0 aliphatic carbocycles. The fraction of sp³-hybridized carbons (Fsp3) is 0.333. The van der Waals surface area contributed by atoms with E-state index in [1.54, 1.807) is 30.7 Å². The van der Waals surface area contributed by atoms with Crippen molar-refractivity contribution in [3.63, 3.8) is 0 Å². The summed E-state index contributed by atoms with van der Waals surface area (Å²) >= 11 is 0. The smallest absolute Gasteiger partial charge is 0.276 e. The maximum absolute atomic E-state index is 10.8. The Bertz CT molecular complexity index is 274. The molecule has 4 heteroatoms. The summed E-state index contributed by atoms with van der Waals surface area (Å²) in [6.45, 7) is 5.70. The molecule has 13 heavy (non-hydrogen) atoms. The third-order valence-electron chi connectivity index (χ3n) is 1.35. The molecule has 1 rings (SSSR count). The maximum Gasteiger partial charge on any atom is 0.276 e. The third-order valence-corrected chi connectivity index (χ3v) is 1.35. The molecule has 0 atom stereocenters. The predicted molar refractivity (Wildman–Crippen MR) is 49.6 cm³/mol. The van der Waals surface area contributed by atoms with Gasteiger partial charge in [-0.2, -0.15) is 0 Å². The van der Waals surface area contributed by atoms with Gasteiger partial charge >= 0.3 is 0 Å². The average Bonchev–Trinajstić information content (AvgIpc) is 2.20. The highest BCUT2D eigenvalue weighted by atomic mass is 16.5. The van der Waals surface area contributed by atoms with Crippen molar-refractivity contribution in [3.8, 4) is 0 Å². The fourth-order valence-electron chi connectivity index (χ4n) is 0.784. The Morgan fingerprint density at radius 2 is 2.15 bits per heavy atom. The maximum atomic E-state index is 10.8. The van der Waals surface area contributed by atoms with Crippen molar-refractivity contribution in [2.45, 2.75) is 20.8 Å². The second kappa shape index (κ2) is 6.14. The van der Waals surface area contributed by atoms with E-state index >= 15 is 0 Å². The lowest BCUT2D eigenvalue weighted by atomic mass is 10.2. The Kier molecular flexibility index (Phi) is 5.47. The van der Waals surface area contributed by atoms with Crippen molar-refractivity contribution < 1.29 is 10.0 Å². The summed E-state index contributed by atoms with van der Waals surface area (Å²) < 4.78 is 0. The first kappa shape index (κ1) is 11.6. The van der Waals surface area contributed by atoms with Gasteiger partial charge in [-0.3, -0.25) is 15.0 Å². The van der Waals surface area contributed by atoms with Crippen LogP contribution in [0.2, 0.25) is 0 Å². The highest BCUT2D eigenvalue weighted by Crippen LogP contribution is 2.01. The van der Waals surface area contributed by atoms with Crippen LogP contribution in [0.3, 0.4) is 0 Å². The van der Waals surface area contributed by atoms with Crippen LogP contribution in [0.1, 0.15) is 29.9 Å².